The van der Waals surface area contributed by atoms with Crippen LogP contribution in [0.4, 0.5) is 0 Å². The van der Waals surface area contributed by atoms with Gasteiger partial charge in [-0.2, -0.15) is 4.37 Å². The molecule has 3 aromatic rings. The Hall–Kier alpha value is -0.960. The minimum atomic E-state index is 0.157. The SMILES string of the molecule is CCc1nsc(Sc2nc3sccn3c2CC(N)CC)n1. The summed E-state index contributed by atoms with van der Waals surface area (Å²) < 4.78 is 7.42. The van der Waals surface area contributed by atoms with Crippen molar-refractivity contribution < 1.29 is 0 Å². The zero-order valence-corrected chi connectivity index (χ0v) is 14.4. The van der Waals surface area contributed by atoms with Crippen LogP contribution in [-0.4, -0.2) is 24.8 Å². The van der Waals surface area contributed by atoms with E-state index in [1.54, 1.807) is 23.1 Å². The zero-order valence-electron chi connectivity index (χ0n) is 11.9. The Kier molecular flexibility index (Phi) is 4.58. The monoisotopic (exact) mass is 339 g/mol. The van der Waals surface area contributed by atoms with Crippen LogP contribution in [0.1, 0.15) is 31.8 Å². The minimum Gasteiger partial charge on any atom is -0.327 e. The first-order valence-electron chi connectivity index (χ1n) is 6.91. The lowest BCUT2D eigenvalue weighted by Crippen LogP contribution is -2.22. The fourth-order valence-corrected chi connectivity index (χ4v) is 4.51. The van der Waals surface area contributed by atoms with Crippen LogP contribution in [0, 0.1) is 0 Å². The van der Waals surface area contributed by atoms with Gasteiger partial charge in [0.2, 0.25) is 0 Å². The topological polar surface area (TPSA) is 69.1 Å². The van der Waals surface area contributed by atoms with Gasteiger partial charge in [-0.25, -0.2) is 9.97 Å². The molecule has 0 fully saturated rings. The van der Waals surface area contributed by atoms with Crippen molar-refractivity contribution in [3.8, 4) is 0 Å². The Balaban J connectivity index is 1.92. The van der Waals surface area contributed by atoms with E-state index in [1.165, 1.54) is 17.2 Å². The molecule has 8 heteroatoms. The van der Waals surface area contributed by atoms with Crippen LogP contribution in [0.2, 0.25) is 0 Å². The maximum absolute atomic E-state index is 6.14. The van der Waals surface area contributed by atoms with Gasteiger partial charge in [0, 0.05) is 30.5 Å². The average Bonchev–Trinajstić information content (AvgIpc) is 3.17. The van der Waals surface area contributed by atoms with Crippen molar-refractivity contribution in [1.82, 2.24) is 18.7 Å². The lowest BCUT2D eigenvalue weighted by molar-refractivity contribution is 0.627. The molecule has 1 atom stereocenters. The lowest BCUT2D eigenvalue weighted by Gasteiger charge is -2.08. The van der Waals surface area contributed by atoms with E-state index in [9.17, 15) is 0 Å². The highest BCUT2D eigenvalue weighted by atomic mass is 32.2. The Morgan fingerprint density at radius 2 is 2.24 bits per heavy atom. The molecule has 21 heavy (non-hydrogen) atoms. The fourth-order valence-electron chi connectivity index (χ4n) is 1.98. The average molecular weight is 340 g/mol. The molecule has 0 aliphatic carbocycles. The number of hydrogen-bond donors (Lipinski definition) is 1. The Morgan fingerprint density at radius 3 is 2.95 bits per heavy atom. The van der Waals surface area contributed by atoms with Crippen LogP contribution < -0.4 is 5.73 Å². The number of nitrogens with zero attached hydrogens (tertiary/aromatic N) is 4. The van der Waals surface area contributed by atoms with E-state index >= 15 is 0 Å². The van der Waals surface area contributed by atoms with Crippen molar-refractivity contribution in [2.45, 2.75) is 48.5 Å². The summed E-state index contributed by atoms with van der Waals surface area (Å²) in [5, 5.41) is 3.06. The maximum atomic E-state index is 6.14. The van der Waals surface area contributed by atoms with Crippen LogP contribution in [0.15, 0.2) is 20.9 Å². The molecule has 1 unspecified atom stereocenters. The molecule has 0 bridgehead atoms. The first-order chi connectivity index (χ1) is 10.2. The number of thiazole rings is 1. The number of nitrogens with two attached hydrogens (primary N) is 1. The predicted octanol–water partition coefficient (Wildman–Crippen LogP) is 3.24. The number of rotatable bonds is 6. The van der Waals surface area contributed by atoms with Crippen LogP contribution in [0.5, 0.6) is 0 Å². The van der Waals surface area contributed by atoms with E-state index in [-0.39, 0.29) is 6.04 Å². The van der Waals surface area contributed by atoms with Crippen molar-refractivity contribution in [3.63, 3.8) is 0 Å². The van der Waals surface area contributed by atoms with Gasteiger partial charge in [0.25, 0.3) is 0 Å². The number of fused-ring (bicyclic) bond motifs is 1. The Labute approximate surface area is 135 Å². The highest BCUT2D eigenvalue weighted by Crippen LogP contribution is 2.33. The molecular weight excluding hydrogens is 322 g/mol. The quantitative estimate of drug-likeness (QED) is 0.746. The number of aryl methyl sites for hydroxylation is 1. The lowest BCUT2D eigenvalue weighted by atomic mass is 10.1. The molecule has 0 radical (unpaired) electrons. The third-order valence-electron chi connectivity index (χ3n) is 3.25. The summed E-state index contributed by atoms with van der Waals surface area (Å²) in [6, 6.07) is 0.157. The third-order valence-corrected chi connectivity index (χ3v) is 5.82. The van der Waals surface area contributed by atoms with Crippen molar-refractivity contribution in [2.75, 3.05) is 0 Å². The van der Waals surface area contributed by atoms with E-state index in [2.05, 4.69) is 39.2 Å². The normalized spacial score (nSPS) is 13.1. The largest absolute Gasteiger partial charge is 0.327 e. The second-order valence-electron chi connectivity index (χ2n) is 4.72. The summed E-state index contributed by atoms with van der Waals surface area (Å²) in [5.41, 5.74) is 7.32. The van der Waals surface area contributed by atoms with Gasteiger partial charge in [-0.05, 0) is 29.7 Å². The van der Waals surface area contributed by atoms with E-state index in [0.29, 0.717) is 0 Å². The molecule has 0 aromatic carbocycles. The molecule has 0 amide bonds. The van der Waals surface area contributed by atoms with Crippen molar-refractivity contribution >= 4 is 39.6 Å². The van der Waals surface area contributed by atoms with Gasteiger partial charge < -0.3 is 5.73 Å². The number of aromatic nitrogens is 4. The van der Waals surface area contributed by atoms with Crippen LogP contribution in [0.25, 0.3) is 4.96 Å². The van der Waals surface area contributed by atoms with Crippen LogP contribution >= 0.6 is 34.6 Å². The molecule has 0 saturated heterocycles. The second-order valence-corrected chi connectivity index (χ2v) is 7.58. The van der Waals surface area contributed by atoms with Gasteiger partial charge in [0.1, 0.15) is 10.9 Å². The molecule has 0 aliphatic rings. The van der Waals surface area contributed by atoms with E-state index in [4.69, 9.17) is 10.7 Å². The highest BCUT2D eigenvalue weighted by Gasteiger charge is 2.18. The molecular formula is C13H17N5S3. The molecule has 3 aromatic heterocycles. The van der Waals surface area contributed by atoms with Gasteiger partial charge in [-0.3, -0.25) is 4.40 Å². The summed E-state index contributed by atoms with van der Waals surface area (Å²) in [6.07, 6.45) is 4.71. The second kappa shape index (κ2) is 6.43. The standard InChI is InChI=1S/C13H17N5S3/c1-3-8(14)7-9-11(16-12-18(9)5-6-19-12)20-13-15-10(4-2)17-21-13/h5-6,8H,3-4,7,14H2,1-2H3. The number of hydrogen-bond acceptors (Lipinski definition) is 7. The molecule has 2 N–H and O–H groups in total. The van der Waals surface area contributed by atoms with Crippen molar-refractivity contribution in [3.05, 3.63) is 23.1 Å². The molecule has 0 spiro atoms. The summed E-state index contributed by atoms with van der Waals surface area (Å²) in [7, 11) is 0. The Morgan fingerprint density at radius 1 is 1.38 bits per heavy atom. The first-order valence-corrected chi connectivity index (χ1v) is 9.38. The Bertz CT molecular complexity index is 729. The van der Waals surface area contributed by atoms with Gasteiger partial charge in [0.05, 0.1) is 5.69 Å². The van der Waals surface area contributed by atoms with E-state index < -0.39 is 0 Å². The zero-order chi connectivity index (χ0) is 14.8. The molecule has 3 heterocycles. The molecule has 3 rings (SSSR count). The smallest absolute Gasteiger partial charge is 0.194 e. The summed E-state index contributed by atoms with van der Waals surface area (Å²) in [6.45, 7) is 4.18. The van der Waals surface area contributed by atoms with Gasteiger partial charge in [-0.15, -0.1) is 11.3 Å². The first kappa shape index (κ1) is 15.0. The van der Waals surface area contributed by atoms with Crippen LogP contribution in [0.3, 0.4) is 0 Å². The van der Waals surface area contributed by atoms with E-state index in [1.807, 2.05) is 0 Å². The predicted molar refractivity (Wildman–Crippen MR) is 88.4 cm³/mol. The summed E-state index contributed by atoms with van der Waals surface area (Å²) in [4.78, 5) is 10.2. The van der Waals surface area contributed by atoms with Crippen molar-refractivity contribution in [2.24, 2.45) is 5.73 Å². The van der Waals surface area contributed by atoms with Gasteiger partial charge in [-0.1, -0.05) is 13.8 Å². The fraction of sp³-hybridized carbons (Fsp3) is 0.462. The van der Waals surface area contributed by atoms with Gasteiger partial charge >= 0.3 is 0 Å². The molecule has 112 valence electrons. The van der Waals surface area contributed by atoms with Crippen LogP contribution in [-0.2, 0) is 12.8 Å². The van der Waals surface area contributed by atoms with Crippen molar-refractivity contribution in [1.29, 1.82) is 0 Å². The summed E-state index contributed by atoms with van der Waals surface area (Å²) >= 11 is 4.68. The molecule has 0 aliphatic heterocycles. The minimum absolute atomic E-state index is 0.157. The maximum Gasteiger partial charge on any atom is 0.194 e. The van der Waals surface area contributed by atoms with Gasteiger partial charge in [0.15, 0.2) is 9.30 Å². The molecule has 0 saturated carbocycles. The summed E-state index contributed by atoms with van der Waals surface area (Å²) in [5.74, 6) is 0.898. The highest BCUT2D eigenvalue weighted by molar-refractivity contribution is 8.00. The molecule has 5 nitrogen and oxygen atoms in total. The third kappa shape index (κ3) is 3.13. The number of imidazole rings is 1. The van der Waals surface area contributed by atoms with E-state index in [0.717, 1.165) is 39.4 Å².